The van der Waals surface area contributed by atoms with E-state index in [9.17, 15) is 4.79 Å². The quantitative estimate of drug-likeness (QED) is 0.571. The number of nitrogens with one attached hydrogen (secondary N) is 2. The molecule has 1 aromatic carbocycles. The molecular weight excluding hydrogens is 250 g/mol. The van der Waals surface area contributed by atoms with Crippen LogP contribution in [0.3, 0.4) is 0 Å². The average molecular weight is 273 g/mol. The van der Waals surface area contributed by atoms with Gasteiger partial charge in [-0.05, 0) is 50.3 Å². The fourth-order valence-electron chi connectivity index (χ4n) is 2.50. The molecule has 0 aromatic heterocycles. The van der Waals surface area contributed by atoms with Gasteiger partial charge in [-0.3, -0.25) is 4.79 Å². The SMILES string of the molecule is CNC(=O)c1ccc(NCCC2=CCCCC2)c(N)c1. The lowest BCUT2D eigenvalue weighted by molar-refractivity contribution is 0.0963. The van der Waals surface area contributed by atoms with Crippen molar-refractivity contribution < 1.29 is 4.79 Å². The monoisotopic (exact) mass is 273 g/mol. The zero-order valence-corrected chi connectivity index (χ0v) is 12.0. The number of rotatable bonds is 5. The van der Waals surface area contributed by atoms with Gasteiger partial charge in [-0.25, -0.2) is 0 Å². The summed E-state index contributed by atoms with van der Waals surface area (Å²) in [7, 11) is 1.61. The van der Waals surface area contributed by atoms with Gasteiger partial charge >= 0.3 is 0 Å². The Morgan fingerprint density at radius 1 is 1.35 bits per heavy atom. The molecule has 4 nitrogen and oxygen atoms in total. The Bertz CT molecular complexity index is 508. The van der Waals surface area contributed by atoms with E-state index in [1.165, 1.54) is 25.7 Å². The van der Waals surface area contributed by atoms with E-state index in [1.54, 1.807) is 24.8 Å². The van der Waals surface area contributed by atoms with E-state index in [0.717, 1.165) is 18.7 Å². The minimum absolute atomic E-state index is 0.115. The molecule has 0 unspecified atom stereocenters. The molecule has 0 fully saturated rings. The standard InChI is InChI=1S/C16H23N3O/c1-18-16(20)13-7-8-15(14(17)11-13)19-10-9-12-5-3-2-4-6-12/h5,7-8,11,19H,2-4,6,9-10,17H2,1H3,(H,18,20). The van der Waals surface area contributed by atoms with Crippen LogP contribution in [0.5, 0.6) is 0 Å². The summed E-state index contributed by atoms with van der Waals surface area (Å²) in [4.78, 5) is 11.5. The third kappa shape index (κ3) is 3.76. The summed E-state index contributed by atoms with van der Waals surface area (Å²) in [6.45, 7) is 0.884. The number of carbonyl (C=O) groups excluding carboxylic acids is 1. The summed E-state index contributed by atoms with van der Waals surface area (Å²) in [5, 5.41) is 5.94. The zero-order valence-electron chi connectivity index (χ0n) is 12.0. The molecule has 0 aliphatic heterocycles. The molecule has 4 N–H and O–H groups in total. The second-order valence-electron chi connectivity index (χ2n) is 5.17. The molecule has 4 heteroatoms. The smallest absolute Gasteiger partial charge is 0.251 e. The van der Waals surface area contributed by atoms with Gasteiger partial charge in [-0.1, -0.05) is 11.6 Å². The first-order valence-electron chi connectivity index (χ1n) is 7.24. The highest BCUT2D eigenvalue weighted by Crippen LogP contribution is 2.22. The van der Waals surface area contributed by atoms with Crippen molar-refractivity contribution in [2.45, 2.75) is 32.1 Å². The molecule has 0 atom stereocenters. The Labute approximate surface area is 120 Å². The number of anilines is 2. The van der Waals surface area contributed by atoms with E-state index in [4.69, 9.17) is 5.73 Å². The fourth-order valence-corrected chi connectivity index (χ4v) is 2.50. The van der Waals surface area contributed by atoms with Gasteiger partial charge in [0.2, 0.25) is 0 Å². The molecule has 0 spiro atoms. The van der Waals surface area contributed by atoms with Gasteiger partial charge in [0.15, 0.2) is 0 Å². The van der Waals surface area contributed by atoms with E-state index < -0.39 is 0 Å². The number of nitrogen functional groups attached to an aromatic ring is 1. The average Bonchev–Trinajstić information content (AvgIpc) is 2.49. The van der Waals surface area contributed by atoms with Gasteiger partial charge in [0.1, 0.15) is 0 Å². The molecule has 2 rings (SSSR count). The Morgan fingerprint density at radius 3 is 2.85 bits per heavy atom. The highest BCUT2D eigenvalue weighted by molar-refractivity contribution is 5.95. The number of benzene rings is 1. The maximum Gasteiger partial charge on any atom is 0.251 e. The molecular formula is C16H23N3O. The lowest BCUT2D eigenvalue weighted by Gasteiger charge is -2.14. The van der Waals surface area contributed by atoms with Crippen LogP contribution in [0.25, 0.3) is 0 Å². The van der Waals surface area contributed by atoms with Crippen molar-refractivity contribution in [3.8, 4) is 0 Å². The number of hydrogen-bond acceptors (Lipinski definition) is 3. The van der Waals surface area contributed by atoms with Crippen LogP contribution < -0.4 is 16.4 Å². The number of amides is 1. The molecule has 1 aromatic rings. The van der Waals surface area contributed by atoms with Gasteiger partial charge < -0.3 is 16.4 Å². The lowest BCUT2D eigenvalue weighted by Crippen LogP contribution is -2.18. The van der Waals surface area contributed by atoms with E-state index in [1.807, 2.05) is 6.07 Å². The summed E-state index contributed by atoms with van der Waals surface area (Å²) < 4.78 is 0. The van der Waals surface area contributed by atoms with Crippen molar-refractivity contribution >= 4 is 17.3 Å². The van der Waals surface area contributed by atoms with Crippen LogP contribution in [-0.2, 0) is 0 Å². The molecule has 1 aliphatic carbocycles. The van der Waals surface area contributed by atoms with Gasteiger partial charge in [0, 0.05) is 19.2 Å². The van der Waals surface area contributed by atoms with Crippen LogP contribution in [0.1, 0.15) is 42.5 Å². The van der Waals surface area contributed by atoms with E-state index >= 15 is 0 Å². The van der Waals surface area contributed by atoms with Crippen molar-refractivity contribution in [2.24, 2.45) is 0 Å². The van der Waals surface area contributed by atoms with Gasteiger partial charge in [0.25, 0.3) is 5.91 Å². The van der Waals surface area contributed by atoms with E-state index in [-0.39, 0.29) is 5.91 Å². The molecule has 0 saturated carbocycles. The maximum absolute atomic E-state index is 11.5. The lowest BCUT2D eigenvalue weighted by atomic mass is 9.97. The topological polar surface area (TPSA) is 67.2 Å². The second-order valence-corrected chi connectivity index (χ2v) is 5.17. The summed E-state index contributed by atoms with van der Waals surface area (Å²) in [6, 6.07) is 5.37. The molecule has 1 amide bonds. The van der Waals surface area contributed by atoms with Crippen molar-refractivity contribution in [3.05, 3.63) is 35.4 Å². The van der Waals surface area contributed by atoms with Gasteiger partial charge in [-0.2, -0.15) is 0 Å². The highest BCUT2D eigenvalue weighted by Gasteiger charge is 2.07. The van der Waals surface area contributed by atoms with E-state index in [2.05, 4.69) is 16.7 Å². The largest absolute Gasteiger partial charge is 0.397 e. The Hall–Kier alpha value is -1.97. The molecule has 108 valence electrons. The van der Waals surface area contributed by atoms with Crippen molar-refractivity contribution in [1.29, 1.82) is 0 Å². The van der Waals surface area contributed by atoms with Crippen molar-refractivity contribution in [1.82, 2.24) is 5.32 Å². The van der Waals surface area contributed by atoms with Crippen LogP contribution >= 0.6 is 0 Å². The number of hydrogen-bond donors (Lipinski definition) is 3. The molecule has 0 bridgehead atoms. The van der Waals surface area contributed by atoms with Crippen molar-refractivity contribution in [2.75, 3.05) is 24.6 Å². The summed E-state index contributed by atoms with van der Waals surface area (Å²) >= 11 is 0. The third-order valence-corrected chi connectivity index (χ3v) is 3.69. The Kier molecular flexibility index (Phi) is 5.04. The summed E-state index contributed by atoms with van der Waals surface area (Å²) in [5.41, 5.74) is 9.62. The molecule has 0 radical (unpaired) electrons. The third-order valence-electron chi connectivity index (χ3n) is 3.69. The zero-order chi connectivity index (χ0) is 14.4. The van der Waals surface area contributed by atoms with Crippen LogP contribution in [0.15, 0.2) is 29.8 Å². The second kappa shape index (κ2) is 6.98. The number of carbonyl (C=O) groups is 1. The molecule has 1 aliphatic rings. The van der Waals surface area contributed by atoms with Crippen LogP contribution in [0.4, 0.5) is 11.4 Å². The van der Waals surface area contributed by atoms with Crippen LogP contribution in [0, 0.1) is 0 Å². The molecule has 0 saturated heterocycles. The first-order valence-corrected chi connectivity index (χ1v) is 7.24. The maximum atomic E-state index is 11.5. The minimum atomic E-state index is -0.115. The first-order chi connectivity index (χ1) is 9.70. The van der Waals surface area contributed by atoms with Gasteiger partial charge in [0.05, 0.1) is 11.4 Å². The van der Waals surface area contributed by atoms with Crippen LogP contribution in [0.2, 0.25) is 0 Å². The molecule has 20 heavy (non-hydrogen) atoms. The fraction of sp³-hybridized carbons (Fsp3) is 0.438. The normalized spacial score (nSPS) is 14.6. The Balaban J connectivity index is 1.89. The van der Waals surface area contributed by atoms with Crippen molar-refractivity contribution in [3.63, 3.8) is 0 Å². The number of nitrogens with two attached hydrogens (primary N) is 1. The van der Waals surface area contributed by atoms with E-state index in [0.29, 0.717) is 11.3 Å². The Morgan fingerprint density at radius 2 is 2.20 bits per heavy atom. The first kappa shape index (κ1) is 14.4. The van der Waals surface area contributed by atoms with Gasteiger partial charge in [-0.15, -0.1) is 0 Å². The highest BCUT2D eigenvalue weighted by atomic mass is 16.1. The minimum Gasteiger partial charge on any atom is -0.397 e. The molecule has 0 heterocycles. The predicted molar refractivity (Wildman–Crippen MR) is 83.9 cm³/mol. The summed E-state index contributed by atoms with van der Waals surface area (Å²) in [6.07, 6.45) is 8.52. The number of allylic oxidation sites excluding steroid dienone is 1. The van der Waals surface area contributed by atoms with Crippen LogP contribution in [-0.4, -0.2) is 19.5 Å². The predicted octanol–water partition coefficient (Wildman–Crippen LogP) is 2.93. The summed E-state index contributed by atoms with van der Waals surface area (Å²) in [5.74, 6) is -0.115.